The summed E-state index contributed by atoms with van der Waals surface area (Å²) in [5.41, 5.74) is 2.47. The number of hydrogen-bond acceptors (Lipinski definition) is 4. The van der Waals surface area contributed by atoms with Crippen LogP contribution in [0.2, 0.25) is 0 Å². The van der Waals surface area contributed by atoms with Gasteiger partial charge in [0.05, 0.1) is 0 Å². The summed E-state index contributed by atoms with van der Waals surface area (Å²) < 4.78 is 13.1. The van der Waals surface area contributed by atoms with Gasteiger partial charge in [-0.3, -0.25) is 9.59 Å². The Hall–Kier alpha value is -2.73. The molecule has 1 saturated heterocycles. The Balaban J connectivity index is 0.00000193. The fourth-order valence-corrected chi connectivity index (χ4v) is 4.71. The Kier molecular flexibility index (Phi) is 6.37. The predicted molar refractivity (Wildman–Crippen MR) is 125 cm³/mol. The zero-order valence-electron chi connectivity index (χ0n) is 18.2. The highest BCUT2D eigenvalue weighted by Crippen LogP contribution is 2.34. The van der Waals surface area contributed by atoms with E-state index < -0.39 is 0 Å². The highest BCUT2D eigenvalue weighted by atomic mass is 19.1. The van der Waals surface area contributed by atoms with E-state index in [1.807, 2.05) is 12.1 Å². The molecule has 2 aromatic rings. The minimum absolute atomic E-state index is 0. The molecule has 3 unspecified atom stereocenters. The molecule has 0 spiro atoms. The predicted octanol–water partition coefficient (Wildman–Crippen LogP) is 4.70. The van der Waals surface area contributed by atoms with Crippen LogP contribution in [0.3, 0.4) is 0 Å². The first-order chi connectivity index (χ1) is 14.9. The van der Waals surface area contributed by atoms with E-state index in [0.29, 0.717) is 30.9 Å². The molecule has 2 aromatic carbocycles. The van der Waals surface area contributed by atoms with Gasteiger partial charge < -0.3 is 15.1 Å². The average Bonchev–Trinajstić information content (AvgIpc) is 3.45. The minimum Gasteiger partial charge on any atom is -0.370 e. The fourth-order valence-electron chi connectivity index (χ4n) is 4.71. The summed E-state index contributed by atoms with van der Waals surface area (Å²) in [6.07, 6.45) is 3.08. The second-order valence-electron chi connectivity index (χ2n) is 8.97. The Morgan fingerprint density at radius 3 is 2.32 bits per heavy atom. The molecule has 6 heteroatoms. The van der Waals surface area contributed by atoms with E-state index in [0.717, 1.165) is 25.2 Å². The van der Waals surface area contributed by atoms with Crippen molar-refractivity contribution in [2.75, 3.05) is 37.4 Å². The number of rotatable bonds is 6. The van der Waals surface area contributed by atoms with Crippen LogP contribution in [0.15, 0.2) is 48.5 Å². The monoisotopic (exact) mass is 427 g/mol. The molecular formula is C25H34FN3O2. The van der Waals surface area contributed by atoms with Gasteiger partial charge in [0, 0.05) is 50.8 Å². The molecule has 31 heavy (non-hydrogen) atoms. The average molecular weight is 428 g/mol. The number of likely N-dealkylation sites (N-methyl/N-ethyl adjacent to an activating group) is 1. The molecule has 1 N–H and O–H groups in total. The lowest BCUT2D eigenvalue weighted by Gasteiger charge is -2.22. The summed E-state index contributed by atoms with van der Waals surface area (Å²) in [4.78, 5) is 30.0. The normalized spacial score (nSPS) is 23.4. The van der Waals surface area contributed by atoms with Crippen LogP contribution in [-0.4, -0.2) is 49.8 Å². The number of halogens is 1. The smallest absolute Gasteiger partial charge is 0.227 e. The van der Waals surface area contributed by atoms with E-state index in [9.17, 15) is 14.0 Å². The van der Waals surface area contributed by atoms with Crippen molar-refractivity contribution in [1.82, 2.24) is 4.90 Å². The lowest BCUT2D eigenvalue weighted by molar-refractivity contribution is -0.119. The molecule has 5 nitrogen and oxygen atoms in total. The van der Waals surface area contributed by atoms with E-state index in [1.165, 1.54) is 30.0 Å². The van der Waals surface area contributed by atoms with E-state index >= 15 is 0 Å². The maximum absolute atomic E-state index is 13.1. The van der Waals surface area contributed by atoms with Crippen LogP contribution in [-0.2, 0) is 4.79 Å². The first-order valence-corrected chi connectivity index (χ1v) is 11.0. The van der Waals surface area contributed by atoms with Crippen LogP contribution in [0.25, 0.3) is 0 Å². The first kappa shape index (κ1) is 21.5. The van der Waals surface area contributed by atoms with Gasteiger partial charge in [-0.1, -0.05) is 0 Å². The van der Waals surface area contributed by atoms with Crippen LogP contribution < -0.4 is 10.2 Å². The zero-order chi connectivity index (χ0) is 22.0. The van der Waals surface area contributed by atoms with Gasteiger partial charge >= 0.3 is 0 Å². The molecule has 0 bridgehead atoms. The van der Waals surface area contributed by atoms with Gasteiger partial charge in [0.2, 0.25) is 5.91 Å². The summed E-state index contributed by atoms with van der Waals surface area (Å²) in [5, 5.41) is 3.01. The SMILES string of the molecule is CN(C)C1CCN(c2ccc(NC(=O)C3CCC(C(=O)c4ccc(F)cc4)C3)cc2)C1.[HH].[HH]. The third-order valence-electron chi connectivity index (χ3n) is 6.70. The Morgan fingerprint density at radius 1 is 1.00 bits per heavy atom. The Bertz CT molecular complexity index is 938. The Morgan fingerprint density at radius 2 is 1.68 bits per heavy atom. The molecule has 1 aliphatic carbocycles. The number of carbonyl (C=O) groups is 2. The molecule has 1 amide bonds. The number of benzene rings is 2. The van der Waals surface area contributed by atoms with Crippen LogP contribution in [0.5, 0.6) is 0 Å². The third-order valence-corrected chi connectivity index (χ3v) is 6.70. The van der Waals surface area contributed by atoms with Crippen LogP contribution in [0.1, 0.15) is 38.9 Å². The van der Waals surface area contributed by atoms with Gasteiger partial charge in [-0.25, -0.2) is 4.39 Å². The van der Waals surface area contributed by atoms with Gasteiger partial charge in [0.1, 0.15) is 5.82 Å². The molecule has 0 aromatic heterocycles. The second-order valence-corrected chi connectivity index (χ2v) is 8.97. The van der Waals surface area contributed by atoms with Crippen molar-refractivity contribution in [3.63, 3.8) is 0 Å². The maximum atomic E-state index is 13.1. The van der Waals surface area contributed by atoms with E-state index in [4.69, 9.17) is 0 Å². The quantitative estimate of drug-likeness (QED) is 0.679. The number of nitrogens with one attached hydrogen (secondary N) is 1. The van der Waals surface area contributed by atoms with Gasteiger partial charge in [-0.05, 0) is 88.3 Å². The van der Waals surface area contributed by atoms with Crippen molar-refractivity contribution in [1.29, 1.82) is 0 Å². The van der Waals surface area contributed by atoms with Crippen molar-refractivity contribution < 1.29 is 16.8 Å². The molecular weight excluding hydrogens is 393 g/mol. The molecule has 1 aliphatic heterocycles. The third kappa shape index (κ3) is 4.96. The number of ketones is 1. The van der Waals surface area contributed by atoms with E-state index in [-0.39, 0.29) is 32.2 Å². The molecule has 4 rings (SSSR count). The fraction of sp³-hybridized carbons (Fsp3) is 0.440. The summed E-state index contributed by atoms with van der Waals surface area (Å²) in [6.45, 7) is 2.06. The first-order valence-electron chi connectivity index (χ1n) is 11.0. The highest BCUT2D eigenvalue weighted by molar-refractivity contribution is 5.99. The summed E-state index contributed by atoms with van der Waals surface area (Å²) in [6, 6.07) is 14.2. The molecule has 168 valence electrons. The van der Waals surface area contributed by atoms with Crippen molar-refractivity contribution in [2.24, 2.45) is 11.8 Å². The van der Waals surface area contributed by atoms with E-state index in [1.54, 1.807) is 0 Å². The summed E-state index contributed by atoms with van der Waals surface area (Å²) in [7, 11) is 4.24. The number of hydrogen-bond donors (Lipinski definition) is 1. The lowest BCUT2D eigenvalue weighted by atomic mass is 9.95. The highest BCUT2D eigenvalue weighted by Gasteiger charge is 2.34. The molecule has 1 saturated carbocycles. The molecule has 2 fully saturated rings. The van der Waals surface area contributed by atoms with Gasteiger partial charge in [-0.15, -0.1) is 0 Å². The van der Waals surface area contributed by atoms with Crippen molar-refractivity contribution in [3.05, 3.63) is 59.9 Å². The van der Waals surface area contributed by atoms with Crippen LogP contribution >= 0.6 is 0 Å². The van der Waals surface area contributed by atoms with Crippen molar-refractivity contribution >= 4 is 23.1 Å². The molecule has 1 heterocycles. The second kappa shape index (κ2) is 9.18. The standard InChI is InChI=1S/C25H30FN3O2.2H2/c1-28(2)23-13-14-29(16-23)22-11-9-21(10-12-22)27-25(31)19-4-3-18(15-19)24(30)17-5-7-20(26)8-6-17;;/h5-12,18-19,23H,3-4,13-16H2,1-2H3,(H,27,31);2*1H. The lowest BCUT2D eigenvalue weighted by Crippen LogP contribution is -2.31. The van der Waals surface area contributed by atoms with E-state index in [2.05, 4.69) is 41.3 Å². The number of Topliss-reactive ketones (excluding diaryl/α,β-unsaturated/α-hetero) is 1. The van der Waals surface area contributed by atoms with Gasteiger partial charge in [0.15, 0.2) is 5.78 Å². The van der Waals surface area contributed by atoms with Gasteiger partial charge in [-0.2, -0.15) is 0 Å². The molecule has 3 atom stereocenters. The number of carbonyl (C=O) groups excluding carboxylic acids is 2. The van der Waals surface area contributed by atoms with Crippen molar-refractivity contribution in [3.8, 4) is 0 Å². The number of amides is 1. The Labute approximate surface area is 186 Å². The minimum atomic E-state index is -0.353. The van der Waals surface area contributed by atoms with Crippen LogP contribution in [0, 0.1) is 17.7 Å². The van der Waals surface area contributed by atoms with Gasteiger partial charge in [0.25, 0.3) is 0 Å². The molecule has 2 aliphatic rings. The molecule has 0 radical (unpaired) electrons. The maximum Gasteiger partial charge on any atom is 0.227 e. The zero-order valence-corrected chi connectivity index (χ0v) is 18.2. The number of nitrogens with zero attached hydrogens (tertiary/aromatic N) is 2. The largest absolute Gasteiger partial charge is 0.370 e. The number of anilines is 2. The summed E-state index contributed by atoms with van der Waals surface area (Å²) in [5.74, 6) is -0.734. The summed E-state index contributed by atoms with van der Waals surface area (Å²) >= 11 is 0. The van der Waals surface area contributed by atoms with Crippen molar-refractivity contribution in [2.45, 2.75) is 31.7 Å². The van der Waals surface area contributed by atoms with Crippen LogP contribution in [0.4, 0.5) is 15.8 Å². The topological polar surface area (TPSA) is 52.6 Å².